The highest BCUT2D eigenvalue weighted by atomic mass is 16.5. The second kappa shape index (κ2) is 7.88. The predicted molar refractivity (Wildman–Crippen MR) is 84.2 cm³/mol. The van der Waals surface area contributed by atoms with Gasteiger partial charge in [0.05, 0.1) is 6.61 Å². The van der Waals surface area contributed by atoms with Crippen molar-refractivity contribution < 1.29 is 14.3 Å². The monoisotopic (exact) mass is 295 g/mol. The SMILES string of the molecule is CCOC(=O)/C(=C/c1ccncc1)CC(=O)c1ccccc1. The Kier molecular flexibility index (Phi) is 5.60. The quantitative estimate of drug-likeness (QED) is 0.466. The number of ether oxygens (including phenoxy) is 1. The second-order valence-corrected chi connectivity index (χ2v) is 4.64. The van der Waals surface area contributed by atoms with E-state index in [1.54, 1.807) is 61.8 Å². The van der Waals surface area contributed by atoms with Crippen LogP contribution in [0, 0.1) is 0 Å². The van der Waals surface area contributed by atoms with Gasteiger partial charge >= 0.3 is 5.97 Å². The maximum atomic E-state index is 12.3. The van der Waals surface area contributed by atoms with Crippen LogP contribution < -0.4 is 0 Å². The number of Topliss-reactive ketones (excluding diaryl/α,β-unsaturated/α-hetero) is 1. The van der Waals surface area contributed by atoms with Gasteiger partial charge in [-0.1, -0.05) is 30.3 Å². The largest absolute Gasteiger partial charge is 0.463 e. The number of aromatic nitrogens is 1. The van der Waals surface area contributed by atoms with Gasteiger partial charge in [-0.2, -0.15) is 0 Å². The predicted octanol–water partition coefficient (Wildman–Crippen LogP) is 3.30. The van der Waals surface area contributed by atoms with E-state index in [9.17, 15) is 9.59 Å². The zero-order valence-corrected chi connectivity index (χ0v) is 12.4. The van der Waals surface area contributed by atoms with Gasteiger partial charge in [0, 0.05) is 30.0 Å². The van der Waals surface area contributed by atoms with Crippen LogP contribution in [0.2, 0.25) is 0 Å². The van der Waals surface area contributed by atoms with E-state index in [4.69, 9.17) is 4.74 Å². The third kappa shape index (κ3) is 4.38. The molecule has 0 N–H and O–H groups in total. The van der Waals surface area contributed by atoms with Crippen LogP contribution in [-0.2, 0) is 9.53 Å². The van der Waals surface area contributed by atoms with E-state index in [0.29, 0.717) is 11.1 Å². The van der Waals surface area contributed by atoms with Crippen LogP contribution in [0.15, 0.2) is 60.4 Å². The summed E-state index contributed by atoms with van der Waals surface area (Å²) in [6.45, 7) is 2.01. The van der Waals surface area contributed by atoms with Crippen molar-refractivity contribution in [2.24, 2.45) is 0 Å². The number of benzene rings is 1. The minimum atomic E-state index is -0.469. The van der Waals surface area contributed by atoms with Crippen LogP contribution in [0.3, 0.4) is 0 Å². The summed E-state index contributed by atoms with van der Waals surface area (Å²) < 4.78 is 5.04. The molecule has 4 nitrogen and oxygen atoms in total. The summed E-state index contributed by atoms with van der Waals surface area (Å²) >= 11 is 0. The molecule has 0 aliphatic heterocycles. The van der Waals surface area contributed by atoms with Gasteiger partial charge in [0.1, 0.15) is 0 Å². The molecule has 1 aromatic heterocycles. The van der Waals surface area contributed by atoms with Crippen molar-refractivity contribution >= 4 is 17.8 Å². The molecule has 0 radical (unpaired) electrons. The lowest BCUT2D eigenvalue weighted by Gasteiger charge is -2.07. The molecule has 0 atom stereocenters. The molecule has 0 saturated heterocycles. The standard InChI is InChI=1S/C18H17NO3/c1-2-22-18(21)16(12-14-8-10-19-11-9-14)13-17(20)15-6-4-3-5-7-15/h3-12H,2,13H2,1H3/b16-12+. The highest BCUT2D eigenvalue weighted by Gasteiger charge is 2.16. The first-order valence-corrected chi connectivity index (χ1v) is 7.06. The minimum Gasteiger partial charge on any atom is -0.463 e. The maximum Gasteiger partial charge on any atom is 0.334 e. The topological polar surface area (TPSA) is 56.3 Å². The van der Waals surface area contributed by atoms with Crippen molar-refractivity contribution in [1.82, 2.24) is 4.98 Å². The summed E-state index contributed by atoms with van der Waals surface area (Å²) in [6, 6.07) is 12.4. The van der Waals surface area contributed by atoms with Crippen molar-refractivity contribution in [3.05, 3.63) is 71.6 Å². The molecule has 1 aromatic carbocycles. The minimum absolute atomic E-state index is 0.00513. The Hall–Kier alpha value is -2.75. The Balaban J connectivity index is 2.24. The number of ketones is 1. The number of esters is 1. The molecule has 0 amide bonds. The Morgan fingerprint density at radius 2 is 1.77 bits per heavy atom. The normalized spacial score (nSPS) is 11.0. The van der Waals surface area contributed by atoms with Gasteiger partial charge in [-0.05, 0) is 30.7 Å². The number of carbonyl (C=O) groups excluding carboxylic acids is 2. The molecule has 2 rings (SSSR count). The highest BCUT2D eigenvalue weighted by Crippen LogP contribution is 2.15. The average molecular weight is 295 g/mol. The first kappa shape index (κ1) is 15.6. The summed E-state index contributed by atoms with van der Waals surface area (Å²) in [6.07, 6.45) is 4.94. The van der Waals surface area contributed by atoms with Gasteiger partial charge in [-0.15, -0.1) is 0 Å². The average Bonchev–Trinajstić information content (AvgIpc) is 2.56. The smallest absolute Gasteiger partial charge is 0.334 e. The molecule has 0 fully saturated rings. The molecule has 4 heteroatoms. The zero-order valence-electron chi connectivity index (χ0n) is 12.4. The summed E-state index contributed by atoms with van der Waals surface area (Å²) in [5.41, 5.74) is 1.72. The van der Waals surface area contributed by atoms with Crippen LogP contribution >= 0.6 is 0 Å². The van der Waals surface area contributed by atoms with Crippen molar-refractivity contribution in [1.29, 1.82) is 0 Å². The van der Waals surface area contributed by atoms with E-state index in [1.165, 1.54) is 0 Å². The first-order chi connectivity index (χ1) is 10.7. The van der Waals surface area contributed by atoms with Crippen LogP contribution in [0.25, 0.3) is 6.08 Å². The van der Waals surface area contributed by atoms with E-state index >= 15 is 0 Å². The third-order valence-electron chi connectivity index (χ3n) is 3.03. The molecular weight excluding hydrogens is 278 g/mol. The number of hydrogen-bond acceptors (Lipinski definition) is 4. The van der Waals surface area contributed by atoms with E-state index in [1.807, 2.05) is 6.07 Å². The fourth-order valence-corrected chi connectivity index (χ4v) is 1.97. The van der Waals surface area contributed by atoms with Gasteiger partial charge < -0.3 is 4.74 Å². The number of hydrogen-bond donors (Lipinski definition) is 0. The Bertz CT molecular complexity index is 663. The lowest BCUT2D eigenvalue weighted by Crippen LogP contribution is -2.12. The van der Waals surface area contributed by atoms with Crippen molar-refractivity contribution in [3.63, 3.8) is 0 Å². The molecule has 2 aromatic rings. The molecule has 112 valence electrons. The fraction of sp³-hybridized carbons (Fsp3) is 0.167. The molecule has 1 heterocycles. The van der Waals surface area contributed by atoms with Crippen LogP contribution in [0.1, 0.15) is 29.3 Å². The molecule has 22 heavy (non-hydrogen) atoms. The third-order valence-corrected chi connectivity index (χ3v) is 3.03. The lowest BCUT2D eigenvalue weighted by atomic mass is 10.0. The summed E-state index contributed by atoms with van der Waals surface area (Å²) in [7, 11) is 0. The van der Waals surface area contributed by atoms with E-state index in [0.717, 1.165) is 5.56 Å². The first-order valence-electron chi connectivity index (χ1n) is 7.06. The molecule has 0 saturated carbocycles. The van der Waals surface area contributed by atoms with Gasteiger partial charge in [0.2, 0.25) is 0 Å². The molecule has 0 bridgehead atoms. The Morgan fingerprint density at radius 1 is 1.09 bits per heavy atom. The molecular formula is C18H17NO3. The van der Waals surface area contributed by atoms with Gasteiger partial charge in [0.25, 0.3) is 0 Å². The molecule has 0 unspecified atom stereocenters. The van der Waals surface area contributed by atoms with Gasteiger partial charge in [0.15, 0.2) is 5.78 Å². The van der Waals surface area contributed by atoms with Crippen molar-refractivity contribution in [3.8, 4) is 0 Å². The molecule has 0 spiro atoms. The zero-order chi connectivity index (χ0) is 15.8. The van der Waals surface area contributed by atoms with Crippen LogP contribution in [-0.4, -0.2) is 23.3 Å². The Labute approximate surface area is 129 Å². The van der Waals surface area contributed by atoms with Crippen molar-refractivity contribution in [2.75, 3.05) is 6.61 Å². The number of pyridine rings is 1. The highest BCUT2D eigenvalue weighted by molar-refractivity contribution is 6.05. The van der Waals surface area contributed by atoms with E-state index in [-0.39, 0.29) is 18.8 Å². The fourth-order valence-electron chi connectivity index (χ4n) is 1.97. The van der Waals surface area contributed by atoms with Crippen LogP contribution in [0.4, 0.5) is 0 Å². The van der Waals surface area contributed by atoms with E-state index < -0.39 is 5.97 Å². The van der Waals surface area contributed by atoms with Crippen molar-refractivity contribution in [2.45, 2.75) is 13.3 Å². The molecule has 0 aliphatic carbocycles. The number of carbonyl (C=O) groups is 2. The summed E-state index contributed by atoms with van der Waals surface area (Å²) in [4.78, 5) is 28.3. The van der Waals surface area contributed by atoms with Gasteiger partial charge in [-0.3, -0.25) is 9.78 Å². The number of nitrogens with zero attached hydrogens (tertiary/aromatic N) is 1. The summed E-state index contributed by atoms with van der Waals surface area (Å²) in [5, 5.41) is 0. The Morgan fingerprint density at radius 3 is 2.41 bits per heavy atom. The maximum absolute atomic E-state index is 12.3. The summed E-state index contributed by atoms with van der Waals surface area (Å²) in [5.74, 6) is -0.586. The van der Waals surface area contributed by atoms with Gasteiger partial charge in [-0.25, -0.2) is 4.79 Å². The van der Waals surface area contributed by atoms with E-state index in [2.05, 4.69) is 4.98 Å². The van der Waals surface area contributed by atoms with Crippen LogP contribution in [0.5, 0.6) is 0 Å². The molecule has 0 aliphatic rings. The second-order valence-electron chi connectivity index (χ2n) is 4.64. The number of rotatable bonds is 6. The lowest BCUT2D eigenvalue weighted by molar-refractivity contribution is -0.138.